The maximum Gasteiger partial charge on any atom is 0.243 e. The molecule has 0 bridgehead atoms. The summed E-state index contributed by atoms with van der Waals surface area (Å²) < 4.78 is 0. The van der Waals surface area contributed by atoms with Gasteiger partial charge in [0.1, 0.15) is 6.07 Å². The fourth-order valence-corrected chi connectivity index (χ4v) is 2.15. The molecule has 21 heavy (non-hydrogen) atoms. The van der Waals surface area contributed by atoms with Crippen molar-refractivity contribution in [1.82, 2.24) is 0 Å². The first-order valence-corrected chi connectivity index (χ1v) is 6.83. The molecule has 0 atom stereocenters. The summed E-state index contributed by atoms with van der Waals surface area (Å²) in [5, 5.41) is 15.4. The van der Waals surface area contributed by atoms with E-state index >= 15 is 0 Å². The molecule has 0 heterocycles. The second-order valence-electron chi connectivity index (χ2n) is 4.18. The third-order valence-electron chi connectivity index (χ3n) is 2.69. The fraction of sp³-hybridized carbons (Fsp3) is 0.0667. The zero-order valence-electron chi connectivity index (χ0n) is 10.9. The first-order valence-electron chi connectivity index (χ1n) is 6.08. The lowest BCUT2D eigenvalue weighted by atomic mass is 10.2. The van der Waals surface area contributed by atoms with E-state index in [1.54, 1.807) is 42.5 Å². The first-order chi connectivity index (χ1) is 10.1. The van der Waals surface area contributed by atoms with E-state index in [0.717, 1.165) is 0 Å². The van der Waals surface area contributed by atoms with Crippen molar-refractivity contribution in [1.29, 1.82) is 5.26 Å². The van der Waals surface area contributed by atoms with Crippen LogP contribution in [0.1, 0.15) is 5.56 Å². The molecule has 0 spiro atoms. The number of nitrogens with zero attached hydrogens (tertiary/aromatic N) is 1. The number of nitrogens with one attached hydrogen (secondary N) is 2. The lowest BCUT2D eigenvalue weighted by molar-refractivity contribution is -0.114. The smallest absolute Gasteiger partial charge is 0.243 e. The van der Waals surface area contributed by atoms with Crippen LogP contribution in [0.3, 0.4) is 0 Å². The monoisotopic (exact) mass is 319 g/mol. The van der Waals surface area contributed by atoms with E-state index in [2.05, 4.69) is 16.7 Å². The summed E-state index contributed by atoms with van der Waals surface area (Å²) in [6.45, 7) is 0.0254. The number of para-hydroxylation sites is 1. The summed E-state index contributed by atoms with van der Waals surface area (Å²) in [5.41, 5.74) is 1.58. The second-order valence-corrected chi connectivity index (χ2v) is 5.03. The molecule has 0 saturated heterocycles. The highest BCUT2D eigenvalue weighted by Crippen LogP contribution is 2.25. The number of rotatable bonds is 4. The number of amides is 1. The molecular weight excluding hydrogens is 309 g/mol. The first kappa shape index (κ1) is 15.2. The van der Waals surface area contributed by atoms with E-state index in [-0.39, 0.29) is 12.5 Å². The van der Waals surface area contributed by atoms with Gasteiger partial charge in [-0.05, 0) is 30.3 Å². The zero-order valence-corrected chi connectivity index (χ0v) is 12.4. The van der Waals surface area contributed by atoms with Gasteiger partial charge < -0.3 is 10.6 Å². The number of benzene rings is 2. The molecule has 0 aliphatic rings. The summed E-state index contributed by atoms with van der Waals surface area (Å²) in [7, 11) is 0. The molecule has 6 heteroatoms. The summed E-state index contributed by atoms with van der Waals surface area (Å²) in [6, 6.07) is 13.8. The van der Waals surface area contributed by atoms with E-state index in [4.69, 9.17) is 28.5 Å². The molecule has 0 radical (unpaired) electrons. The maximum atomic E-state index is 11.9. The van der Waals surface area contributed by atoms with Crippen molar-refractivity contribution in [3.8, 4) is 6.07 Å². The van der Waals surface area contributed by atoms with E-state index in [0.29, 0.717) is 27.0 Å². The molecule has 2 aromatic carbocycles. The molecule has 4 nitrogen and oxygen atoms in total. The van der Waals surface area contributed by atoms with Gasteiger partial charge in [-0.25, -0.2) is 0 Å². The molecule has 106 valence electrons. The van der Waals surface area contributed by atoms with Crippen molar-refractivity contribution in [3.05, 3.63) is 58.1 Å². The Hall–Kier alpha value is -2.22. The van der Waals surface area contributed by atoms with E-state index in [9.17, 15) is 4.79 Å². The minimum absolute atomic E-state index is 0.0254. The minimum Gasteiger partial charge on any atom is -0.375 e. The van der Waals surface area contributed by atoms with Gasteiger partial charge in [-0.3, -0.25) is 4.79 Å². The van der Waals surface area contributed by atoms with E-state index in [1.165, 1.54) is 0 Å². The van der Waals surface area contributed by atoms with Crippen molar-refractivity contribution in [2.24, 2.45) is 0 Å². The van der Waals surface area contributed by atoms with Crippen molar-refractivity contribution in [2.75, 3.05) is 17.2 Å². The van der Waals surface area contributed by atoms with Crippen LogP contribution >= 0.6 is 23.2 Å². The topological polar surface area (TPSA) is 64.9 Å². The van der Waals surface area contributed by atoms with Crippen LogP contribution in [0.5, 0.6) is 0 Å². The molecule has 0 aliphatic carbocycles. The molecule has 1 amide bonds. The predicted molar refractivity (Wildman–Crippen MR) is 84.7 cm³/mol. The van der Waals surface area contributed by atoms with Crippen LogP contribution in [0.4, 0.5) is 11.4 Å². The number of nitriles is 1. The average Bonchev–Trinajstić information content (AvgIpc) is 2.48. The van der Waals surface area contributed by atoms with Gasteiger partial charge in [0.15, 0.2) is 0 Å². The van der Waals surface area contributed by atoms with Crippen molar-refractivity contribution >= 4 is 40.5 Å². The van der Waals surface area contributed by atoms with Crippen LogP contribution in [0, 0.1) is 11.3 Å². The Kier molecular flexibility index (Phi) is 5.04. The largest absolute Gasteiger partial charge is 0.375 e. The number of halogens is 2. The van der Waals surface area contributed by atoms with Gasteiger partial charge in [0.25, 0.3) is 0 Å². The SMILES string of the molecule is N#Cc1ccccc1NCC(=O)Nc1ccc(Cl)cc1Cl. The Morgan fingerprint density at radius 2 is 1.90 bits per heavy atom. The number of hydrogen-bond donors (Lipinski definition) is 2. The van der Waals surface area contributed by atoms with Crippen LogP contribution in [0.15, 0.2) is 42.5 Å². The highest BCUT2D eigenvalue weighted by molar-refractivity contribution is 6.36. The van der Waals surface area contributed by atoms with Crippen LogP contribution in [0.25, 0.3) is 0 Å². The molecule has 0 fully saturated rings. The Morgan fingerprint density at radius 1 is 1.14 bits per heavy atom. The fourth-order valence-electron chi connectivity index (χ4n) is 1.70. The lowest BCUT2D eigenvalue weighted by Crippen LogP contribution is -2.22. The van der Waals surface area contributed by atoms with Crippen molar-refractivity contribution in [2.45, 2.75) is 0 Å². The number of carbonyl (C=O) groups is 1. The standard InChI is InChI=1S/C15H11Cl2N3O/c16-11-5-6-14(12(17)7-11)20-15(21)9-19-13-4-2-1-3-10(13)8-18/h1-7,19H,9H2,(H,20,21). The highest BCUT2D eigenvalue weighted by atomic mass is 35.5. The van der Waals surface area contributed by atoms with E-state index < -0.39 is 0 Å². The predicted octanol–water partition coefficient (Wildman–Crippen LogP) is 3.92. The molecule has 2 rings (SSSR count). The third kappa shape index (κ3) is 4.12. The van der Waals surface area contributed by atoms with Gasteiger partial charge in [0, 0.05) is 5.02 Å². The normalized spacial score (nSPS) is 9.76. The highest BCUT2D eigenvalue weighted by Gasteiger charge is 2.07. The van der Waals surface area contributed by atoms with Gasteiger partial charge in [-0.15, -0.1) is 0 Å². The zero-order chi connectivity index (χ0) is 15.2. The van der Waals surface area contributed by atoms with Gasteiger partial charge in [0.05, 0.1) is 28.5 Å². The van der Waals surface area contributed by atoms with Gasteiger partial charge in [-0.1, -0.05) is 35.3 Å². The van der Waals surface area contributed by atoms with Crippen molar-refractivity contribution < 1.29 is 4.79 Å². The van der Waals surface area contributed by atoms with Crippen molar-refractivity contribution in [3.63, 3.8) is 0 Å². The Balaban J connectivity index is 1.98. The number of hydrogen-bond acceptors (Lipinski definition) is 3. The summed E-state index contributed by atoms with van der Waals surface area (Å²) in [4.78, 5) is 11.9. The van der Waals surface area contributed by atoms with Gasteiger partial charge >= 0.3 is 0 Å². The average molecular weight is 320 g/mol. The molecule has 2 aromatic rings. The van der Waals surface area contributed by atoms with Gasteiger partial charge in [0.2, 0.25) is 5.91 Å². The summed E-state index contributed by atoms with van der Waals surface area (Å²) in [5.74, 6) is -0.271. The molecule has 0 aromatic heterocycles. The van der Waals surface area contributed by atoms with Crippen LogP contribution in [-0.4, -0.2) is 12.5 Å². The molecular formula is C15H11Cl2N3O. The van der Waals surface area contributed by atoms with Crippen LogP contribution in [0.2, 0.25) is 10.0 Å². The molecule has 0 aliphatic heterocycles. The second kappa shape index (κ2) is 6.98. The van der Waals surface area contributed by atoms with Crippen LogP contribution < -0.4 is 10.6 Å². The molecule has 0 unspecified atom stereocenters. The quantitative estimate of drug-likeness (QED) is 0.897. The van der Waals surface area contributed by atoms with Gasteiger partial charge in [-0.2, -0.15) is 5.26 Å². The Morgan fingerprint density at radius 3 is 2.62 bits per heavy atom. The molecule has 0 saturated carbocycles. The Labute approximate surface area is 132 Å². The summed E-state index contributed by atoms with van der Waals surface area (Å²) in [6.07, 6.45) is 0. The minimum atomic E-state index is -0.271. The lowest BCUT2D eigenvalue weighted by Gasteiger charge is -2.10. The third-order valence-corrected chi connectivity index (χ3v) is 3.24. The number of carbonyl (C=O) groups excluding carboxylic acids is 1. The number of anilines is 2. The summed E-state index contributed by atoms with van der Waals surface area (Å²) >= 11 is 11.8. The van der Waals surface area contributed by atoms with E-state index in [1.807, 2.05) is 0 Å². The van der Waals surface area contributed by atoms with Crippen LogP contribution in [-0.2, 0) is 4.79 Å². The Bertz CT molecular complexity index is 710. The maximum absolute atomic E-state index is 11.9. The molecule has 2 N–H and O–H groups in total.